The van der Waals surface area contributed by atoms with E-state index in [4.69, 9.17) is 5.84 Å². The van der Waals surface area contributed by atoms with Crippen molar-refractivity contribution in [2.75, 3.05) is 17.3 Å². The molecular formula is C13H23N5O. The van der Waals surface area contributed by atoms with Gasteiger partial charge in [0.05, 0.1) is 5.60 Å². The molecule has 0 aromatic carbocycles. The van der Waals surface area contributed by atoms with Gasteiger partial charge in [-0.25, -0.2) is 15.8 Å². The molecule has 1 saturated carbocycles. The number of hydrogen-bond donors (Lipinski definition) is 4. The number of aromatic nitrogens is 2. The maximum absolute atomic E-state index is 10.1. The molecule has 1 aromatic rings. The smallest absolute Gasteiger partial charge is 0.148 e. The van der Waals surface area contributed by atoms with Crippen molar-refractivity contribution in [1.29, 1.82) is 0 Å². The van der Waals surface area contributed by atoms with E-state index in [0.717, 1.165) is 49.3 Å². The number of nitrogens with two attached hydrogens (primary N) is 1. The molecule has 19 heavy (non-hydrogen) atoms. The predicted molar refractivity (Wildman–Crippen MR) is 75.9 cm³/mol. The number of aliphatic hydroxyl groups is 1. The lowest BCUT2D eigenvalue weighted by atomic mass is 9.80. The fourth-order valence-corrected chi connectivity index (χ4v) is 2.22. The molecule has 0 unspecified atom stereocenters. The Kier molecular flexibility index (Phi) is 4.21. The van der Waals surface area contributed by atoms with Crippen LogP contribution in [0.3, 0.4) is 0 Å². The van der Waals surface area contributed by atoms with Crippen molar-refractivity contribution in [3.63, 3.8) is 0 Å². The van der Waals surface area contributed by atoms with Gasteiger partial charge in [-0.05, 0) is 32.6 Å². The molecule has 0 saturated heterocycles. The molecule has 1 heterocycles. The van der Waals surface area contributed by atoms with Gasteiger partial charge in [-0.15, -0.1) is 0 Å². The van der Waals surface area contributed by atoms with E-state index in [1.54, 1.807) is 0 Å². The molecule has 106 valence electrons. The van der Waals surface area contributed by atoms with Crippen molar-refractivity contribution in [2.45, 2.75) is 51.6 Å². The number of nitrogens with zero attached hydrogens (tertiary/aromatic N) is 2. The van der Waals surface area contributed by atoms with Crippen molar-refractivity contribution >= 4 is 11.6 Å². The summed E-state index contributed by atoms with van der Waals surface area (Å²) in [7, 11) is 0. The van der Waals surface area contributed by atoms with E-state index in [2.05, 4.69) is 27.6 Å². The number of nitrogen functional groups attached to an aromatic ring is 1. The maximum Gasteiger partial charge on any atom is 0.148 e. The van der Waals surface area contributed by atoms with Crippen molar-refractivity contribution in [3.8, 4) is 0 Å². The molecule has 0 radical (unpaired) electrons. The van der Waals surface area contributed by atoms with E-state index in [1.165, 1.54) is 0 Å². The van der Waals surface area contributed by atoms with E-state index in [1.807, 2.05) is 6.92 Å². The zero-order valence-corrected chi connectivity index (χ0v) is 11.7. The highest BCUT2D eigenvalue weighted by atomic mass is 16.3. The second-order valence-electron chi connectivity index (χ2n) is 5.29. The third kappa shape index (κ3) is 3.13. The molecule has 5 N–H and O–H groups in total. The summed E-state index contributed by atoms with van der Waals surface area (Å²) in [4.78, 5) is 8.87. The molecule has 6 heteroatoms. The molecule has 0 bridgehead atoms. The number of hydrazine groups is 1. The van der Waals surface area contributed by atoms with Crippen LogP contribution in [0.4, 0.5) is 11.6 Å². The molecule has 0 atom stereocenters. The standard InChI is InChI=1S/C13H23N5O/c1-3-5-10-16-11(9(2)12(17-10)18-14)15-8-13(19)6-4-7-13/h19H,3-8,14H2,1-2H3,(H2,15,16,17,18). The minimum Gasteiger partial charge on any atom is -0.388 e. The Morgan fingerprint density at radius 3 is 2.53 bits per heavy atom. The first kappa shape index (κ1) is 14.0. The van der Waals surface area contributed by atoms with E-state index in [-0.39, 0.29) is 0 Å². The van der Waals surface area contributed by atoms with Crippen molar-refractivity contribution in [3.05, 3.63) is 11.4 Å². The normalized spacial score (nSPS) is 16.8. The van der Waals surface area contributed by atoms with Gasteiger partial charge in [-0.3, -0.25) is 0 Å². The number of anilines is 2. The van der Waals surface area contributed by atoms with Crippen LogP contribution in [0.2, 0.25) is 0 Å². The van der Waals surface area contributed by atoms with Crippen LogP contribution in [0.1, 0.15) is 44.0 Å². The molecule has 1 aliphatic carbocycles. The minimum absolute atomic E-state index is 0.528. The van der Waals surface area contributed by atoms with E-state index >= 15 is 0 Å². The quantitative estimate of drug-likeness (QED) is 0.458. The first-order valence-corrected chi connectivity index (χ1v) is 6.88. The number of hydrogen-bond acceptors (Lipinski definition) is 6. The zero-order chi connectivity index (χ0) is 13.9. The second kappa shape index (κ2) is 5.71. The Bertz CT molecular complexity index is 445. The van der Waals surface area contributed by atoms with Gasteiger partial charge in [-0.2, -0.15) is 0 Å². The van der Waals surface area contributed by atoms with Gasteiger partial charge in [0, 0.05) is 18.5 Å². The number of nitrogens with one attached hydrogen (secondary N) is 2. The van der Waals surface area contributed by atoms with Crippen molar-refractivity contribution < 1.29 is 5.11 Å². The van der Waals surface area contributed by atoms with Crippen molar-refractivity contribution in [1.82, 2.24) is 9.97 Å². The summed E-state index contributed by atoms with van der Waals surface area (Å²) in [6.45, 7) is 4.53. The Hall–Kier alpha value is -1.40. The summed E-state index contributed by atoms with van der Waals surface area (Å²) in [6, 6.07) is 0. The lowest BCUT2D eigenvalue weighted by molar-refractivity contribution is -0.0202. The largest absolute Gasteiger partial charge is 0.388 e. The maximum atomic E-state index is 10.1. The highest BCUT2D eigenvalue weighted by Crippen LogP contribution is 2.32. The number of rotatable bonds is 6. The fourth-order valence-electron chi connectivity index (χ4n) is 2.22. The van der Waals surface area contributed by atoms with E-state index in [0.29, 0.717) is 12.4 Å². The molecule has 0 aliphatic heterocycles. The van der Waals surface area contributed by atoms with Crippen LogP contribution in [0.25, 0.3) is 0 Å². The van der Waals surface area contributed by atoms with Crippen LogP contribution < -0.4 is 16.6 Å². The van der Waals surface area contributed by atoms with Crippen LogP contribution in [0.15, 0.2) is 0 Å². The lowest BCUT2D eigenvalue weighted by Crippen LogP contribution is -2.43. The van der Waals surface area contributed by atoms with E-state index < -0.39 is 5.60 Å². The third-order valence-corrected chi connectivity index (χ3v) is 3.67. The van der Waals surface area contributed by atoms with Gasteiger partial charge in [0.2, 0.25) is 0 Å². The summed E-state index contributed by atoms with van der Waals surface area (Å²) < 4.78 is 0. The first-order valence-electron chi connectivity index (χ1n) is 6.88. The van der Waals surface area contributed by atoms with Gasteiger partial charge in [0.15, 0.2) is 0 Å². The third-order valence-electron chi connectivity index (χ3n) is 3.67. The topological polar surface area (TPSA) is 96.1 Å². The number of aryl methyl sites for hydroxylation is 1. The second-order valence-corrected chi connectivity index (χ2v) is 5.29. The average molecular weight is 265 g/mol. The fraction of sp³-hybridized carbons (Fsp3) is 0.692. The Balaban J connectivity index is 2.14. The summed E-state index contributed by atoms with van der Waals surface area (Å²) >= 11 is 0. The Morgan fingerprint density at radius 1 is 1.32 bits per heavy atom. The van der Waals surface area contributed by atoms with Gasteiger partial charge in [-0.1, -0.05) is 6.92 Å². The van der Waals surface area contributed by atoms with Crippen LogP contribution in [0.5, 0.6) is 0 Å². The molecule has 0 spiro atoms. The monoisotopic (exact) mass is 265 g/mol. The van der Waals surface area contributed by atoms with Crippen LogP contribution in [0, 0.1) is 6.92 Å². The van der Waals surface area contributed by atoms with Gasteiger partial charge < -0.3 is 15.8 Å². The highest BCUT2D eigenvalue weighted by Gasteiger charge is 2.34. The SMILES string of the molecule is CCCc1nc(NN)c(C)c(NCC2(O)CCC2)n1. The summed E-state index contributed by atoms with van der Waals surface area (Å²) in [5, 5.41) is 13.3. The predicted octanol–water partition coefficient (Wildman–Crippen LogP) is 1.35. The summed E-state index contributed by atoms with van der Waals surface area (Å²) in [5.41, 5.74) is 2.92. The first-order chi connectivity index (χ1) is 9.08. The molecule has 1 aliphatic rings. The summed E-state index contributed by atoms with van der Waals surface area (Å²) in [5.74, 6) is 7.65. The minimum atomic E-state index is -0.571. The van der Waals surface area contributed by atoms with Gasteiger partial charge >= 0.3 is 0 Å². The average Bonchev–Trinajstić information content (AvgIpc) is 2.37. The molecule has 6 nitrogen and oxygen atoms in total. The van der Waals surface area contributed by atoms with Crippen LogP contribution >= 0.6 is 0 Å². The summed E-state index contributed by atoms with van der Waals surface area (Å²) in [6.07, 6.45) is 4.60. The molecular weight excluding hydrogens is 242 g/mol. The molecule has 1 aromatic heterocycles. The lowest BCUT2D eigenvalue weighted by Gasteiger charge is -2.36. The van der Waals surface area contributed by atoms with Crippen LogP contribution in [-0.2, 0) is 6.42 Å². The highest BCUT2D eigenvalue weighted by molar-refractivity contribution is 5.56. The molecule has 1 fully saturated rings. The molecule has 2 rings (SSSR count). The Labute approximate surface area is 113 Å². The van der Waals surface area contributed by atoms with Crippen molar-refractivity contribution in [2.24, 2.45) is 5.84 Å². The molecule has 0 amide bonds. The zero-order valence-electron chi connectivity index (χ0n) is 11.7. The van der Waals surface area contributed by atoms with E-state index in [9.17, 15) is 5.11 Å². The van der Waals surface area contributed by atoms with Gasteiger partial charge in [0.1, 0.15) is 17.5 Å². The van der Waals surface area contributed by atoms with Gasteiger partial charge in [0.25, 0.3) is 0 Å². The Morgan fingerprint density at radius 2 is 2.00 bits per heavy atom. The van der Waals surface area contributed by atoms with Crippen LogP contribution in [-0.4, -0.2) is 27.2 Å².